The van der Waals surface area contributed by atoms with Crippen molar-refractivity contribution in [3.8, 4) is 34.3 Å². The fourth-order valence-electron chi connectivity index (χ4n) is 3.45. The zero-order valence-electron chi connectivity index (χ0n) is 15.2. The first-order valence-electron chi connectivity index (χ1n) is 8.74. The highest BCUT2D eigenvalue weighted by Gasteiger charge is 2.21. The number of rotatable bonds is 5. The van der Waals surface area contributed by atoms with Crippen LogP contribution in [0.3, 0.4) is 0 Å². The van der Waals surface area contributed by atoms with Crippen LogP contribution in [-0.2, 0) is 6.42 Å². The Morgan fingerprint density at radius 1 is 1.04 bits per heavy atom. The summed E-state index contributed by atoms with van der Waals surface area (Å²) in [5, 5.41) is 2.06. The van der Waals surface area contributed by atoms with Gasteiger partial charge in [0.1, 0.15) is 0 Å². The summed E-state index contributed by atoms with van der Waals surface area (Å²) in [5.41, 5.74) is 3.41. The van der Waals surface area contributed by atoms with Gasteiger partial charge in [-0.2, -0.15) is 0 Å². The lowest BCUT2D eigenvalue weighted by atomic mass is 9.98. The third-order valence-electron chi connectivity index (χ3n) is 4.70. The summed E-state index contributed by atoms with van der Waals surface area (Å²) < 4.78 is 22.0. The molecule has 0 amide bonds. The smallest absolute Gasteiger partial charge is 0.231 e. The quantitative estimate of drug-likeness (QED) is 0.696. The minimum atomic E-state index is 0.281. The first-order chi connectivity index (χ1) is 12.7. The van der Waals surface area contributed by atoms with Crippen LogP contribution in [0.15, 0.2) is 36.5 Å². The molecule has 0 unspecified atom stereocenters. The van der Waals surface area contributed by atoms with Gasteiger partial charge < -0.3 is 18.9 Å². The molecule has 26 heavy (non-hydrogen) atoms. The number of hydrogen-bond donors (Lipinski definition) is 0. The molecule has 4 rings (SSSR count). The first kappa shape index (κ1) is 16.5. The standard InChI is InChI=1S/C21H21NO4/c1-4-5-13-9-19-20(26-12-25-19)10-15(13)17-8-14-6-7-18(23-2)21(24-3)16(14)11-22-17/h6-11H,4-5,12H2,1-3H3/p+1. The molecule has 0 fully saturated rings. The molecule has 0 radical (unpaired) electrons. The number of hydrogen-bond acceptors (Lipinski definition) is 4. The second-order valence-corrected chi connectivity index (χ2v) is 6.26. The van der Waals surface area contributed by atoms with Crippen LogP contribution in [0.5, 0.6) is 23.0 Å². The second-order valence-electron chi connectivity index (χ2n) is 6.26. The van der Waals surface area contributed by atoms with Crippen LogP contribution in [-0.4, -0.2) is 21.0 Å². The van der Waals surface area contributed by atoms with Crippen LogP contribution in [0.1, 0.15) is 18.9 Å². The van der Waals surface area contributed by atoms with E-state index in [0.717, 1.165) is 57.9 Å². The van der Waals surface area contributed by atoms with E-state index in [1.807, 2.05) is 18.3 Å². The number of H-pyrrole nitrogens is 1. The molecule has 1 aromatic heterocycles. The number of ether oxygens (including phenoxy) is 4. The normalized spacial score (nSPS) is 12.4. The van der Waals surface area contributed by atoms with Crippen molar-refractivity contribution in [1.82, 2.24) is 0 Å². The van der Waals surface area contributed by atoms with Crippen LogP contribution in [0, 0.1) is 0 Å². The van der Waals surface area contributed by atoms with Gasteiger partial charge in [-0.25, -0.2) is 4.98 Å². The number of methoxy groups -OCH3 is 2. The van der Waals surface area contributed by atoms with Crippen molar-refractivity contribution < 1.29 is 23.9 Å². The van der Waals surface area contributed by atoms with Gasteiger partial charge >= 0.3 is 0 Å². The summed E-state index contributed by atoms with van der Waals surface area (Å²) in [7, 11) is 3.30. The number of pyridine rings is 1. The lowest BCUT2D eigenvalue weighted by Gasteiger charge is -2.11. The molecule has 0 saturated carbocycles. The number of aromatic amines is 1. The van der Waals surface area contributed by atoms with E-state index in [9.17, 15) is 0 Å². The van der Waals surface area contributed by atoms with Crippen molar-refractivity contribution in [2.75, 3.05) is 21.0 Å². The van der Waals surface area contributed by atoms with Crippen molar-refractivity contribution in [2.24, 2.45) is 0 Å². The van der Waals surface area contributed by atoms with Crippen LogP contribution in [0.2, 0.25) is 0 Å². The number of aromatic nitrogens is 1. The van der Waals surface area contributed by atoms with Crippen molar-refractivity contribution in [3.05, 3.63) is 42.1 Å². The lowest BCUT2D eigenvalue weighted by molar-refractivity contribution is -0.362. The summed E-state index contributed by atoms with van der Waals surface area (Å²) in [6, 6.07) is 10.3. The van der Waals surface area contributed by atoms with Crippen LogP contribution >= 0.6 is 0 Å². The summed E-state index contributed by atoms with van der Waals surface area (Å²) in [4.78, 5) is 3.41. The summed E-state index contributed by atoms with van der Waals surface area (Å²) >= 11 is 0. The van der Waals surface area contributed by atoms with Gasteiger partial charge in [-0.15, -0.1) is 0 Å². The molecule has 134 valence electrons. The van der Waals surface area contributed by atoms with E-state index in [0.29, 0.717) is 0 Å². The predicted octanol–water partition coefficient (Wildman–Crippen LogP) is 4.02. The molecule has 0 aliphatic carbocycles. The molecule has 1 N–H and O–H groups in total. The number of benzene rings is 2. The minimum absolute atomic E-state index is 0.281. The minimum Gasteiger partial charge on any atom is -0.493 e. The maximum Gasteiger partial charge on any atom is 0.231 e. The van der Waals surface area contributed by atoms with Crippen molar-refractivity contribution >= 4 is 10.8 Å². The molecule has 1 aliphatic rings. The Morgan fingerprint density at radius 2 is 1.85 bits per heavy atom. The molecular weight excluding hydrogens is 330 g/mol. The molecule has 5 heteroatoms. The Balaban J connectivity index is 1.87. The fourth-order valence-corrected chi connectivity index (χ4v) is 3.45. The van der Waals surface area contributed by atoms with E-state index in [4.69, 9.17) is 18.9 Å². The Kier molecular flexibility index (Phi) is 4.29. The zero-order valence-corrected chi connectivity index (χ0v) is 15.2. The van der Waals surface area contributed by atoms with Crippen molar-refractivity contribution in [2.45, 2.75) is 19.8 Å². The highest BCUT2D eigenvalue weighted by atomic mass is 16.7. The Bertz CT molecular complexity index is 968. The topological polar surface area (TPSA) is 51.1 Å². The fraction of sp³-hybridized carbons (Fsp3) is 0.286. The van der Waals surface area contributed by atoms with Crippen LogP contribution in [0.4, 0.5) is 0 Å². The van der Waals surface area contributed by atoms with Crippen molar-refractivity contribution in [3.63, 3.8) is 0 Å². The van der Waals surface area contributed by atoms with Gasteiger partial charge in [-0.1, -0.05) is 13.3 Å². The molecule has 0 atom stereocenters. The van der Waals surface area contributed by atoms with Gasteiger partial charge in [0.15, 0.2) is 29.2 Å². The molecular formula is C21H22NO4+. The third-order valence-corrected chi connectivity index (χ3v) is 4.70. The van der Waals surface area contributed by atoms with Gasteiger partial charge in [0.2, 0.25) is 12.5 Å². The van der Waals surface area contributed by atoms with Crippen molar-refractivity contribution in [1.29, 1.82) is 0 Å². The summed E-state index contributed by atoms with van der Waals surface area (Å²) in [6.45, 7) is 2.46. The van der Waals surface area contributed by atoms with Crippen LogP contribution in [0.25, 0.3) is 22.0 Å². The molecule has 1 aliphatic heterocycles. The van der Waals surface area contributed by atoms with E-state index in [2.05, 4.69) is 30.1 Å². The number of aryl methyl sites for hydroxylation is 1. The van der Waals surface area contributed by atoms with Gasteiger partial charge in [0.05, 0.1) is 25.2 Å². The molecule has 5 nitrogen and oxygen atoms in total. The molecule has 2 aromatic carbocycles. The van der Waals surface area contributed by atoms with Gasteiger partial charge in [0, 0.05) is 6.07 Å². The molecule has 3 aromatic rings. The van der Waals surface area contributed by atoms with Gasteiger partial charge in [-0.3, -0.25) is 0 Å². The Hall–Kier alpha value is -2.95. The largest absolute Gasteiger partial charge is 0.493 e. The zero-order chi connectivity index (χ0) is 18.1. The third kappa shape index (κ3) is 2.69. The van der Waals surface area contributed by atoms with Crippen LogP contribution < -0.4 is 23.9 Å². The highest BCUT2D eigenvalue weighted by molar-refractivity contribution is 5.91. The molecule has 0 spiro atoms. The van der Waals surface area contributed by atoms with E-state index in [1.54, 1.807) is 14.2 Å². The lowest BCUT2D eigenvalue weighted by Crippen LogP contribution is -2.08. The monoisotopic (exact) mass is 352 g/mol. The molecule has 0 bridgehead atoms. The average molecular weight is 352 g/mol. The summed E-state index contributed by atoms with van der Waals surface area (Å²) in [5.74, 6) is 3.06. The van der Waals surface area contributed by atoms with E-state index >= 15 is 0 Å². The molecule has 2 heterocycles. The van der Waals surface area contributed by atoms with Gasteiger partial charge in [0.25, 0.3) is 0 Å². The Morgan fingerprint density at radius 3 is 2.58 bits per heavy atom. The number of nitrogens with one attached hydrogen (secondary N) is 1. The number of fused-ring (bicyclic) bond motifs is 2. The first-order valence-corrected chi connectivity index (χ1v) is 8.74. The summed E-state index contributed by atoms with van der Waals surface area (Å²) in [6.07, 6.45) is 4.00. The average Bonchev–Trinajstić information content (AvgIpc) is 3.13. The maximum atomic E-state index is 5.58. The highest BCUT2D eigenvalue weighted by Crippen LogP contribution is 2.40. The van der Waals surface area contributed by atoms with E-state index in [1.165, 1.54) is 5.56 Å². The van der Waals surface area contributed by atoms with E-state index in [-0.39, 0.29) is 6.79 Å². The predicted molar refractivity (Wildman–Crippen MR) is 99.2 cm³/mol. The SMILES string of the molecule is CCCc1cc2c(cc1-c1cc3ccc(OC)c(OC)c3c[nH+]1)OCO2. The second kappa shape index (κ2) is 6.75. The Labute approximate surface area is 152 Å². The van der Waals surface area contributed by atoms with Gasteiger partial charge in [-0.05, 0) is 41.6 Å². The molecule has 0 saturated heterocycles. The maximum absolute atomic E-state index is 5.58. The van der Waals surface area contributed by atoms with E-state index < -0.39 is 0 Å².